The van der Waals surface area contributed by atoms with Crippen LogP contribution in [0.25, 0.3) is 0 Å². The Morgan fingerprint density at radius 3 is 2.54 bits per heavy atom. The van der Waals surface area contributed by atoms with Crippen LogP contribution in [0.2, 0.25) is 0 Å². The molecule has 3 heteroatoms. The number of hydrogen-bond acceptors (Lipinski definition) is 2. The van der Waals surface area contributed by atoms with E-state index in [0.717, 1.165) is 18.8 Å². The number of likely N-dealkylation sites (N-methyl/N-ethyl adjacent to an activating group) is 2. The minimum atomic E-state index is 0.545. The monoisotopic (exact) mass is 176 g/mol. The Balaban J connectivity index is 3.89. The van der Waals surface area contributed by atoms with Crippen molar-refractivity contribution in [1.82, 2.24) is 10.2 Å². The van der Waals surface area contributed by atoms with E-state index in [9.17, 15) is 0 Å². The van der Waals surface area contributed by atoms with Gasteiger partial charge >= 0.3 is 0 Å². The van der Waals surface area contributed by atoms with Crippen LogP contribution in [0.4, 0.5) is 0 Å². The molecule has 0 spiro atoms. The number of nitrogens with zero attached hydrogens (tertiary/aromatic N) is 1. The van der Waals surface area contributed by atoms with Gasteiger partial charge in [0.05, 0.1) is 0 Å². The molecule has 0 saturated heterocycles. The van der Waals surface area contributed by atoms with Crippen molar-refractivity contribution in [3.05, 3.63) is 36.5 Å². The van der Waals surface area contributed by atoms with Crippen molar-refractivity contribution in [1.29, 1.82) is 0 Å². The average Bonchev–Trinajstić information content (AvgIpc) is 2.10. The topological polar surface area (TPSA) is 15.3 Å². The van der Waals surface area contributed by atoms with Gasteiger partial charge in [-0.3, -0.25) is 0 Å². The summed E-state index contributed by atoms with van der Waals surface area (Å²) in [6.45, 7) is 9.33. The smallest absolute Gasteiger partial charge is 0.112 e. The van der Waals surface area contributed by atoms with Crippen molar-refractivity contribution >= 4 is 7.85 Å². The fourth-order valence-corrected chi connectivity index (χ4v) is 0.754. The Morgan fingerprint density at radius 2 is 2.08 bits per heavy atom. The maximum absolute atomic E-state index is 5.39. The molecule has 0 fully saturated rings. The molecule has 2 nitrogen and oxygen atoms in total. The molecule has 0 aliphatic heterocycles. The summed E-state index contributed by atoms with van der Waals surface area (Å²) in [5.74, 6) is 0. The summed E-state index contributed by atoms with van der Waals surface area (Å²) in [7, 11) is 9.30. The summed E-state index contributed by atoms with van der Waals surface area (Å²) < 4.78 is 0. The molecule has 0 unspecified atom stereocenters. The van der Waals surface area contributed by atoms with E-state index in [2.05, 4.69) is 23.4 Å². The van der Waals surface area contributed by atoms with E-state index in [1.165, 1.54) is 0 Å². The third kappa shape index (κ3) is 6.23. The third-order valence-corrected chi connectivity index (χ3v) is 1.68. The SMILES string of the molecule is [B]C(=C)/C=C\C(=C)N(C)CCNC. The zero-order chi connectivity index (χ0) is 10.3. The molecule has 0 bridgehead atoms. The van der Waals surface area contributed by atoms with Gasteiger partial charge in [-0.15, -0.1) is 12.1 Å². The van der Waals surface area contributed by atoms with Crippen molar-refractivity contribution in [2.75, 3.05) is 27.2 Å². The lowest BCUT2D eigenvalue weighted by Crippen LogP contribution is -2.25. The number of hydrogen-bond donors (Lipinski definition) is 1. The molecule has 0 amide bonds. The minimum absolute atomic E-state index is 0.545. The number of rotatable bonds is 6. The highest BCUT2D eigenvalue weighted by Crippen LogP contribution is 2.00. The highest BCUT2D eigenvalue weighted by molar-refractivity contribution is 6.23. The van der Waals surface area contributed by atoms with E-state index in [1.54, 1.807) is 6.08 Å². The quantitative estimate of drug-likeness (QED) is 0.477. The van der Waals surface area contributed by atoms with Crippen LogP contribution in [-0.4, -0.2) is 39.9 Å². The second-order valence-electron chi connectivity index (χ2n) is 2.92. The predicted octanol–water partition coefficient (Wildman–Crippen LogP) is 0.890. The second kappa shape index (κ2) is 6.55. The number of allylic oxidation sites excluding steroid dienone is 3. The first-order chi connectivity index (χ1) is 6.07. The van der Waals surface area contributed by atoms with Gasteiger partial charge < -0.3 is 10.2 Å². The third-order valence-electron chi connectivity index (χ3n) is 1.68. The van der Waals surface area contributed by atoms with Gasteiger partial charge in [-0.2, -0.15) is 0 Å². The summed E-state index contributed by atoms with van der Waals surface area (Å²) in [5, 5.41) is 3.07. The van der Waals surface area contributed by atoms with E-state index in [-0.39, 0.29) is 0 Å². The molecule has 0 aromatic rings. The van der Waals surface area contributed by atoms with Gasteiger partial charge in [0.25, 0.3) is 0 Å². The maximum atomic E-state index is 5.39. The highest BCUT2D eigenvalue weighted by atomic mass is 15.1. The van der Waals surface area contributed by atoms with E-state index < -0.39 is 0 Å². The first-order valence-corrected chi connectivity index (χ1v) is 4.25. The summed E-state index contributed by atoms with van der Waals surface area (Å²) in [4.78, 5) is 2.05. The molecule has 0 aliphatic carbocycles. The Morgan fingerprint density at radius 1 is 1.46 bits per heavy atom. The van der Waals surface area contributed by atoms with Crippen LogP contribution in [0.1, 0.15) is 0 Å². The van der Waals surface area contributed by atoms with Gasteiger partial charge in [-0.05, 0) is 13.1 Å². The number of nitrogens with one attached hydrogen (secondary N) is 1. The molecular weight excluding hydrogens is 159 g/mol. The lowest BCUT2D eigenvalue weighted by atomic mass is 9.97. The van der Waals surface area contributed by atoms with E-state index in [4.69, 9.17) is 7.85 Å². The molecule has 0 saturated carbocycles. The van der Waals surface area contributed by atoms with Crippen molar-refractivity contribution in [2.45, 2.75) is 0 Å². The lowest BCUT2D eigenvalue weighted by molar-refractivity contribution is 0.429. The van der Waals surface area contributed by atoms with Crippen molar-refractivity contribution < 1.29 is 0 Å². The van der Waals surface area contributed by atoms with Crippen LogP contribution >= 0.6 is 0 Å². The summed E-state index contributed by atoms with van der Waals surface area (Å²) in [5.41, 5.74) is 1.48. The molecule has 2 radical (unpaired) electrons. The molecular formula is C10H17BN2. The largest absolute Gasteiger partial charge is 0.374 e. The van der Waals surface area contributed by atoms with Gasteiger partial charge in [0, 0.05) is 25.8 Å². The normalized spacial score (nSPS) is 10.3. The van der Waals surface area contributed by atoms with E-state index in [0.29, 0.717) is 5.47 Å². The minimum Gasteiger partial charge on any atom is -0.374 e. The maximum Gasteiger partial charge on any atom is 0.112 e. The van der Waals surface area contributed by atoms with E-state index in [1.807, 2.05) is 20.2 Å². The van der Waals surface area contributed by atoms with Gasteiger partial charge in [-0.1, -0.05) is 12.7 Å². The first-order valence-electron chi connectivity index (χ1n) is 4.25. The van der Waals surface area contributed by atoms with Crippen molar-refractivity contribution in [3.63, 3.8) is 0 Å². The molecule has 0 atom stereocenters. The van der Waals surface area contributed by atoms with Gasteiger partial charge in [-0.25, -0.2) is 0 Å². The first kappa shape index (κ1) is 12.0. The van der Waals surface area contributed by atoms with Crippen LogP contribution in [0.15, 0.2) is 36.5 Å². The Bertz CT molecular complexity index is 209. The van der Waals surface area contributed by atoms with Crippen LogP contribution in [0, 0.1) is 0 Å². The van der Waals surface area contributed by atoms with Crippen LogP contribution < -0.4 is 5.32 Å². The molecule has 13 heavy (non-hydrogen) atoms. The second-order valence-corrected chi connectivity index (χ2v) is 2.92. The van der Waals surface area contributed by atoms with Crippen molar-refractivity contribution in [2.24, 2.45) is 0 Å². The Hall–Kier alpha value is -0.955. The fourth-order valence-electron chi connectivity index (χ4n) is 0.754. The van der Waals surface area contributed by atoms with Gasteiger partial charge in [0.15, 0.2) is 0 Å². The predicted molar refractivity (Wildman–Crippen MR) is 59.7 cm³/mol. The average molecular weight is 176 g/mol. The highest BCUT2D eigenvalue weighted by Gasteiger charge is 1.95. The summed E-state index contributed by atoms with van der Waals surface area (Å²) in [6, 6.07) is 0. The zero-order valence-electron chi connectivity index (χ0n) is 8.51. The molecule has 0 heterocycles. The van der Waals surface area contributed by atoms with Gasteiger partial charge in [0.2, 0.25) is 0 Å². The Labute approximate surface area is 82.4 Å². The zero-order valence-corrected chi connectivity index (χ0v) is 8.51. The molecule has 1 N–H and O–H groups in total. The molecule has 70 valence electrons. The van der Waals surface area contributed by atoms with Crippen LogP contribution in [-0.2, 0) is 0 Å². The molecule has 0 aliphatic rings. The summed E-state index contributed by atoms with van der Waals surface area (Å²) in [6.07, 6.45) is 3.61. The summed E-state index contributed by atoms with van der Waals surface area (Å²) >= 11 is 0. The fraction of sp³-hybridized carbons (Fsp3) is 0.400. The van der Waals surface area contributed by atoms with E-state index >= 15 is 0 Å². The Kier molecular flexibility index (Phi) is 6.07. The molecule has 0 aromatic heterocycles. The molecule has 0 aromatic carbocycles. The van der Waals surface area contributed by atoms with Crippen LogP contribution in [0.3, 0.4) is 0 Å². The van der Waals surface area contributed by atoms with Crippen molar-refractivity contribution in [3.8, 4) is 0 Å². The lowest BCUT2D eigenvalue weighted by Gasteiger charge is -2.18. The molecule has 0 rings (SSSR count). The standard InChI is InChI=1S/C10H17BN2/c1-9(11)5-6-10(2)13(4)8-7-12-3/h5-6,12H,1-2,7-8H2,3-4H3/b6-5-. The van der Waals surface area contributed by atoms with Crippen LogP contribution in [0.5, 0.6) is 0 Å². The van der Waals surface area contributed by atoms with Gasteiger partial charge in [0.1, 0.15) is 7.85 Å².